The van der Waals surface area contributed by atoms with Crippen LogP contribution in [0.4, 0.5) is 0 Å². The number of aromatic nitrogens is 1. The van der Waals surface area contributed by atoms with E-state index < -0.39 is 0 Å². The lowest BCUT2D eigenvalue weighted by molar-refractivity contribution is 0.0951. The molecular formula is C13H13BrN2OS. The van der Waals surface area contributed by atoms with E-state index in [9.17, 15) is 4.79 Å². The molecule has 0 spiro atoms. The van der Waals surface area contributed by atoms with Gasteiger partial charge in [-0.25, -0.2) is 4.98 Å². The van der Waals surface area contributed by atoms with E-state index in [1.165, 1.54) is 0 Å². The number of aryl methyl sites for hydroxylation is 2. The van der Waals surface area contributed by atoms with Gasteiger partial charge in [0.1, 0.15) is 0 Å². The van der Waals surface area contributed by atoms with E-state index in [0.29, 0.717) is 12.1 Å². The Morgan fingerprint density at radius 2 is 2.17 bits per heavy atom. The summed E-state index contributed by atoms with van der Waals surface area (Å²) in [6, 6.07) is 5.67. The van der Waals surface area contributed by atoms with Gasteiger partial charge in [0.2, 0.25) is 0 Å². The summed E-state index contributed by atoms with van der Waals surface area (Å²) in [5.41, 5.74) is 1.73. The van der Waals surface area contributed by atoms with Crippen molar-refractivity contribution in [2.75, 3.05) is 0 Å². The highest BCUT2D eigenvalue weighted by Crippen LogP contribution is 2.16. The fourth-order valence-corrected chi connectivity index (χ4v) is 2.97. The Hall–Kier alpha value is -1.20. The second-order valence-corrected chi connectivity index (χ2v) is 6.28. The number of benzene rings is 1. The van der Waals surface area contributed by atoms with Gasteiger partial charge >= 0.3 is 0 Å². The van der Waals surface area contributed by atoms with Crippen molar-refractivity contribution < 1.29 is 4.79 Å². The van der Waals surface area contributed by atoms with Gasteiger partial charge in [-0.2, -0.15) is 0 Å². The molecule has 0 aliphatic carbocycles. The number of amides is 1. The minimum absolute atomic E-state index is 0.0644. The van der Waals surface area contributed by atoms with Crippen LogP contribution in [0, 0.1) is 13.8 Å². The molecule has 0 aliphatic heterocycles. The Bertz CT molecular complexity index is 560. The van der Waals surface area contributed by atoms with Crippen LogP contribution in [0.3, 0.4) is 0 Å². The first kappa shape index (κ1) is 13.2. The molecule has 0 bridgehead atoms. The van der Waals surface area contributed by atoms with E-state index in [0.717, 1.165) is 19.9 Å². The SMILES string of the molecule is Cc1cc(Br)cc(C(=O)NCc2cnc(C)s2)c1. The number of nitrogens with zero attached hydrogens (tertiary/aromatic N) is 1. The van der Waals surface area contributed by atoms with Crippen molar-refractivity contribution in [2.24, 2.45) is 0 Å². The molecule has 1 aromatic heterocycles. The maximum atomic E-state index is 12.0. The first-order chi connectivity index (χ1) is 8.54. The molecule has 0 saturated carbocycles. The number of thiazole rings is 1. The molecule has 0 aliphatic rings. The summed E-state index contributed by atoms with van der Waals surface area (Å²) >= 11 is 4.99. The average Bonchev–Trinajstić information content (AvgIpc) is 2.70. The zero-order chi connectivity index (χ0) is 13.1. The molecule has 0 fully saturated rings. The molecule has 0 atom stereocenters. The monoisotopic (exact) mass is 324 g/mol. The Morgan fingerprint density at radius 3 is 2.78 bits per heavy atom. The van der Waals surface area contributed by atoms with Gasteiger partial charge in [-0.05, 0) is 37.6 Å². The fraction of sp³-hybridized carbons (Fsp3) is 0.231. The molecule has 0 saturated heterocycles. The summed E-state index contributed by atoms with van der Waals surface area (Å²) in [4.78, 5) is 17.2. The van der Waals surface area contributed by atoms with Crippen LogP contribution in [0.2, 0.25) is 0 Å². The molecule has 0 radical (unpaired) electrons. The third kappa shape index (κ3) is 3.40. The number of carbonyl (C=O) groups excluding carboxylic acids is 1. The Morgan fingerprint density at radius 1 is 1.39 bits per heavy atom. The van der Waals surface area contributed by atoms with E-state index in [1.54, 1.807) is 17.5 Å². The summed E-state index contributed by atoms with van der Waals surface area (Å²) in [5.74, 6) is -0.0644. The number of hydrogen-bond acceptors (Lipinski definition) is 3. The average molecular weight is 325 g/mol. The highest BCUT2D eigenvalue weighted by Gasteiger charge is 2.07. The number of halogens is 1. The molecular weight excluding hydrogens is 312 g/mol. The maximum Gasteiger partial charge on any atom is 0.251 e. The lowest BCUT2D eigenvalue weighted by atomic mass is 10.1. The molecule has 1 heterocycles. The van der Waals surface area contributed by atoms with E-state index in [-0.39, 0.29) is 5.91 Å². The van der Waals surface area contributed by atoms with Gasteiger partial charge in [-0.1, -0.05) is 15.9 Å². The van der Waals surface area contributed by atoms with Gasteiger partial charge < -0.3 is 5.32 Å². The molecule has 0 unspecified atom stereocenters. The predicted octanol–water partition coefficient (Wildman–Crippen LogP) is 3.45. The minimum atomic E-state index is -0.0644. The Kier molecular flexibility index (Phi) is 4.14. The molecule has 1 N–H and O–H groups in total. The van der Waals surface area contributed by atoms with Crippen molar-refractivity contribution >= 4 is 33.2 Å². The van der Waals surface area contributed by atoms with Crippen molar-refractivity contribution in [3.05, 3.63) is 49.9 Å². The maximum absolute atomic E-state index is 12.0. The first-order valence-electron chi connectivity index (χ1n) is 5.51. The normalized spacial score (nSPS) is 10.4. The van der Waals surface area contributed by atoms with Gasteiger partial charge in [0.05, 0.1) is 11.6 Å². The number of carbonyl (C=O) groups is 1. The van der Waals surface area contributed by atoms with Crippen LogP contribution in [0.25, 0.3) is 0 Å². The van der Waals surface area contributed by atoms with E-state index in [1.807, 2.05) is 32.0 Å². The standard InChI is InChI=1S/C13H13BrN2OS/c1-8-3-10(5-11(14)4-8)13(17)16-7-12-6-15-9(2)18-12/h3-6H,7H2,1-2H3,(H,16,17). The van der Waals surface area contributed by atoms with Crippen LogP contribution in [-0.2, 0) is 6.54 Å². The summed E-state index contributed by atoms with van der Waals surface area (Å²) in [5, 5.41) is 3.91. The van der Waals surface area contributed by atoms with Crippen LogP contribution in [0.1, 0.15) is 25.8 Å². The lowest BCUT2D eigenvalue weighted by Gasteiger charge is -2.05. The van der Waals surface area contributed by atoms with Gasteiger partial charge in [0.25, 0.3) is 5.91 Å². The van der Waals surface area contributed by atoms with E-state index in [4.69, 9.17) is 0 Å². The van der Waals surface area contributed by atoms with Gasteiger partial charge in [0.15, 0.2) is 0 Å². The van der Waals surface area contributed by atoms with Crippen molar-refractivity contribution in [1.29, 1.82) is 0 Å². The van der Waals surface area contributed by atoms with E-state index in [2.05, 4.69) is 26.2 Å². The molecule has 1 aromatic carbocycles. The highest BCUT2D eigenvalue weighted by atomic mass is 79.9. The van der Waals surface area contributed by atoms with Crippen LogP contribution < -0.4 is 5.32 Å². The molecule has 5 heteroatoms. The number of nitrogens with one attached hydrogen (secondary N) is 1. The number of rotatable bonds is 3. The Labute approximate surface area is 118 Å². The molecule has 94 valence electrons. The van der Waals surface area contributed by atoms with Gasteiger partial charge in [-0.3, -0.25) is 4.79 Å². The highest BCUT2D eigenvalue weighted by molar-refractivity contribution is 9.10. The summed E-state index contributed by atoms with van der Waals surface area (Å²) in [7, 11) is 0. The second-order valence-electron chi connectivity index (χ2n) is 4.05. The fourth-order valence-electron chi connectivity index (χ4n) is 1.62. The topological polar surface area (TPSA) is 42.0 Å². The van der Waals surface area contributed by atoms with Gasteiger partial charge in [0, 0.05) is 21.1 Å². The second kappa shape index (κ2) is 5.63. The quantitative estimate of drug-likeness (QED) is 0.939. The van der Waals surface area contributed by atoms with Crippen molar-refractivity contribution in [3.8, 4) is 0 Å². The summed E-state index contributed by atoms with van der Waals surface area (Å²) < 4.78 is 0.918. The zero-order valence-corrected chi connectivity index (χ0v) is 12.6. The van der Waals surface area contributed by atoms with Gasteiger partial charge in [-0.15, -0.1) is 11.3 Å². The van der Waals surface area contributed by atoms with E-state index >= 15 is 0 Å². The summed E-state index contributed by atoms with van der Waals surface area (Å²) in [6.45, 7) is 4.44. The minimum Gasteiger partial charge on any atom is -0.347 e. The Balaban J connectivity index is 2.03. The number of hydrogen-bond donors (Lipinski definition) is 1. The van der Waals surface area contributed by atoms with Crippen molar-refractivity contribution in [2.45, 2.75) is 20.4 Å². The first-order valence-corrected chi connectivity index (χ1v) is 7.12. The van der Waals surface area contributed by atoms with Crippen LogP contribution >= 0.6 is 27.3 Å². The smallest absolute Gasteiger partial charge is 0.251 e. The van der Waals surface area contributed by atoms with Crippen LogP contribution in [0.5, 0.6) is 0 Å². The third-order valence-corrected chi connectivity index (χ3v) is 3.77. The summed E-state index contributed by atoms with van der Waals surface area (Å²) in [6.07, 6.45) is 1.80. The lowest BCUT2D eigenvalue weighted by Crippen LogP contribution is -2.22. The third-order valence-electron chi connectivity index (χ3n) is 2.40. The largest absolute Gasteiger partial charge is 0.347 e. The van der Waals surface area contributed by atoms with Crippen molar-refractivity contribution in [1.82, 2.24) is 10.3 Å². The van der Waals surface area contributed by atoms with Crippen LogP contribution in [-0.4, -0.2) is 10.9 Å². The molecule has 3 nitrogen and oxygen atoms in total. The predicted molar refractivity (Wildman–Crippen MR) is 76.9 cm³/mol. The molecule has 2 aromatic rings. The molecule has 1 amide bonds. The zero-order valence-electron chi connectivity index (χ0n) is 10.2. The molecule has 2 rings (SSSR count). The van der Waals surface area contributed by atoms with Crippen LogP contribution in [0.15, 0.2) is 28.9 Å². The van der Waals surface area contributed by atoms with Crippen molar-refractivity contribution in [3.63, 3.8) is 0 Å². The molecule has 18 heavy (non-hydrogen) atoms.